The monoisotopic (exact) mass is 492 g/mol. The number of nitrogens with zero attached hydrogens (tertiary/aromatic N) is 6. The van der Waals surface area contributed by atoms with Crippen molar-refractivity contribution in [1.29, 1.82) is 0 Å². The minimum absolute atomic E-state index is 0.148. The second-order valence-corrected chi connectivity index (χ2v) is 10.3. The van der Waals surface area contributed by atoms with Crippen LogP contribution in [0.25, 0.3) is 5.69 Å². The van der Waals surface area contributed by atoms with Crippen LogP contribution in [0.15, 0.2) is 59.8 Å². The van der Waals surface area contributed by atoms with Crippen LogP contribution in [0.3, 0.4) is 0 Å². The van der Waals surface area contributed by atoms with Crippen molar-refractivity contribution in [3.63, 3.8) is 0 Å². The fourth-order valence-corrected chi connectivity index (χ4v) is 5.54. The Kier molecular flexibility index (Phi) is 7.24. The van der Waals surface area contributed by atoms with E-state index in [-0.39, 0.29) is 11.2 Å². The van der Waals surface area contributed by atoms with E-state index in [2.05, 4.69) is 74.0 Å². The van der Waals surface area contributed by atoms with Gasteiger partial charge in [-0.15, -0.1) is 10.2 Å². The zero-order chi connectivity index (χ0) is 24.2. The molecule has 2 saturated heterocycles. The lowest BCUT2D eigenvalue weighted by atomic mass is 10.2. The Morgan fingerprint density at radius 3 is 2.31 bits per heavy atom. The molecule has 0 radical (unpaired) electrons. The summed E-state index contributed by atoms with van der Waals surface area (Å²) < 4.78 is 7.62. The first-order chi connectivity index (χ1) is 17.1. The topological polar surface area (TPSA) is 66.7 Å². The molecule has 2 aromatic carbocycles. The molecule has 8 nitrogen and oxygen atoms in total. The summed E-state index contributed by atoms with van der Waals surface area (Å²) >= 11 is 1.48. The standard InChI is InChI=1S/C26H32N6O2S/c1-20-7-6-10-23(19-20)32-25(31-15-17-34-18-16-31)27-28-26(32)35-21(2)24(33)30-13-11-29(12-14-30)22-8-4-3-5-9-22/h3-10,19,21H,11-18H2,1-2H3. The number of ether oxygens (including phenoxy) is 1. The summed E-state index contributed by atoms with van der Waals surface area (Å²) in [6.45, 7) is 10.1. The lowest BCUT2D eigenvalue weighted by Crippen LogP contribution is -2.50. The summed E-state index contributed by atoms with van der Waals surface area (Å²) in [6, 6.07) is 18.7. The highest BCUT2D eigenvalue weighted by atomic mass is 32.2. The molecule has 2 aliphatic rings. The largest absolute Gasteiger partial charge is 0.378 e. The van der Waals surface area contributed by atoms with E-state index in [9.17, 15) is 4.79 Å². The summed E-state index contributed by atoms with van der Waals surface area (Å²) in [6.07, 6.45) is 0. The van der Waals surface area contributed by atoms with Gasteiger partial charge in [-0.3, -0.25) is 9.36 Å². The molecular weight excluding hydrogens is 460 g/mol. The van der Waals surface area contributed by atoms with Gasteiger partial charge in [0, 0.05) is 45.0 Å². The van der Waals surface area contributed by atoms with Crippen LogP contribution in [0, 0.1) is 6.92 Å². The predicted molar refractivity (Wildman–Crippen MR) is 140 cm³/mol. The highest BCUT2D eigenvalue weighted by Crippen LogP contribution is 2.31. The zero-order valence-electron chi connectivity index (χ0n) is 20.3. The van der Waals surface area contributed by atoms with Crippen molar-refractivity contribution < 1.29 is 9.53 Å². The van der Waals surface area contributed by atoms with Crippen LogP contribution in [-0.2, 0) is 9.53 Å². The Morgan fingerprint density at radius 2 is 1.60 bits per heavy atom. The molecule has 1 atom stereocenters. The first-order valence-electron chi connectivity index (χ1n) is 12.2. The molecule has 184 valence electrons. The summed E-state index contributed by atoms with van der Waals surface area (Å²) in [4.78, 5) is 19.9. The second kappa shape index (κ2) is 10.7. The molecule has 1 amide bonds. The van der Waals surface area contributed by atoms with Gasteiger partial charge in [-0.2, -0.15) is 0 Å². The molecule has 0 N–H and O–H groups in total. The molecule has 0 aliphatic carbocycles. The van der Waals surface area contributed by atoms with Gasteiger partial charge in [0.1, 0.15) is 0 Å². The maximum absolute atomic E-state index is 13.4. The van der Waals surface area contributed by atoms with E-state index in [1.165, 1.54) is 23.0 Å². The molecule has 0 bridgehead atoms. The first-order valence-corrected chi connectivity index (χ1v) is 13.1. The van der Waals surface area contributed by atoms with Gasteiger partial charge in [0.25, 0.3) is 0 Å². The summed E-state index contributed by atoms with van der Waals surface area (Å²) in [5, 5.41) is 9.55. The number of thioether (sulfide) groups is 1. The van der Waals surface area contributed by atoms with Gasteiger partial charge in [-0.1, -0.05) is 42.1 Å². The number of hydrogen-bond acceptors (Lipinski definition) is 7. The Hall–Kier alpha value is -3.04. The molecule has 2 fully saturated rings. The maximum atomic E-state index is 13.4. The highest BCUT2D eigenvalue weighted by Gasteiger charge is 2.29. The van der Waals surface area contributed by atoms with E-state index >= 15 is 0 Å². The fraction of sp³-hybridized carbons (Fsp3) is 0.423. The molecule has 0 saturated carbocycles. The second-order valence-electron chi connectivity index (χ2n) is 8.96. The summed E-state index contributed by atoms with van der Waals surface area (Å²) in [5.41, 5.74) is 3.39. The third-order valence-corrected chi connectivity index (χ3v) is 7.54. The van der Waals surface area contributed by atoms with E-state index in [1.807, 2.05) is 24.0 Å². The molecule has 5 rings (SSSR count). The Balaban J connectivity index is 1.31. The molecule has 3 heterocycles. The Morgan fingerprint density at radius 1 is 0.886 bits per heavy atom. The van der Waals surface area contributed by atoms with Crippen molar-refractivity contribution in [2.75, 3.05) is 62.3 Å². The number of carbonyl (C=O) groups is 1. The van der Waals surface area contributed by atoms with Crippen LogP contribution >= 0.6 is 11.8 Å². The van der Waals surface area contributed by atoms with Gasteiger partial charge >= 0.3 is 0 Å². The predicted octanol–water partition coefficient (Wildman–Crippen LogP) is 3.24. The average molecular weight is 493 g/mol. The molecule has 1 unspecified atom stereocenters. The quantitative estimate of drug-likeness (QED) is 0.490. The number of para-hydroxylation sites is 1. The van der Waals surface area contributed by atoms with Gasteiger partial charge in [0.2, 0.25) is 11.9 Å². The van der Waals surface area contributed by atoms with Crippen LogP contribution in [0.2, 0.25) is 0 Å². The molecule has 35 heavy (non-hydrogen) atoms. The Labute approximate surface area is 210 Å². The van der Waals surface area contributed by atoms with Gasteiger partial charge < -0.3 is 19.4 Å². The molecule has 3 aromatic rings. The van der Waals surface area contributed by atoms with Gasteiger partial charge in [-0.25, -0.2) is 0 Å². The molecule has 9 heteroatoms. The van der Waals surface area contributed by atoms with E-state index < -0.39 is 0 Å². The molecule has 1 aromatic heterocycles. The molecule has 2 aliphatic heterocycles. The number of aromatic nitrogens is 3. The normalized spacial score (nSPS) is 17.5. The van der Waals surface area contributed by atoms with Crippen molar-refractivity contribution in [2.45, 2.75) is 24.3 Å². The van der Waals surface area contributed by atoms with Crippen molar-refractivity contribution in [2.24, 2.45) is 0 Å². The number of rotatable bonds is 6. The van der Waals surface area contributed by atoms with Crippen molar-refractivity contribution in [3.05, 3.63) is 60.2 Å². The summed E-state index contributed by atoms with van der Waals surface area (Å²) in [7, 11) is 0. The maximum Gasteiger partial charge on any atom is 0.236 e. The van der Waals surface area contributed by atoms with E-state index in [4.69, 9.17) is 4.74 Å². The molecule has 0 spiro atoms. The van der Waals surface area contributed by atoms with Gasteiger partial charge in [0.05, 0.1) is 24.2 Å². The SMILES string of the molecule is Cc1cccc(-n2c(SC(C)C(=O)N3CCN(c4ccccc4)CC3)nnc2N2CCOCC2)c1. The fourth-order valence-electron chi connectivity index (χ4n) is 4.59. The van der Waals surface area contributed by atoms with Gasteiger partial charge in [-0.05, 0) is 43.7 Å². The van der Waals surface area contributed by atoms with Gasteiger partial charge in [0.15, 0.2) is 5.16 Å². The number of aryl methyl sites for hydroxylation is 1. The minimum atomic E-state index is -0.261. The van der Waals surface area contributed by atoms with Crippen LogP contribution in [0.5, 0.6) is 0 Å². The lowest BCUT2D eigenvalue weighted by Gasteiger charge is -2.37. The number of morpholine rings is 1. The number of carbonyl (C=O) groups excluding carboxylic acids is 1. The minimum Gasteiger partial charge on any atom is -0.378 e. The number of piperazine rings is 1. The molecular formula is C26H32N6O2S. The van der Waals surface area contributed by atoms with E-state index in [1.54, 1.807) is 0 Å². The zero-order valence-corrected chi connectivity index (χ0v) is 21.2. The van der Waals surface area contributed by atoms with Crippen LogP contribution in [-0.4, -0.2) is 83.3 Å². The van der Waals surface area contributed by atoms with Crippen molar-refractivity contribution in [1.82, 2.24) is 19.7 Å². The highest BCUT2D eigenvalue weighted by molar-refractivity contribution is 8.00. The lowest BCUT2D eigenvalue weighted by molar-refractivity contribution is -0.130. The number of anilines is 2. The van der Waals surface area contributed by atoms with Crippen LogP contribution in [0.1, 0.15) is 12.5 Å². The summed E-state index contributed by atoms with van der Waals surface area (Å²) in [5.74, 6) is 0.951. The Bertz CT molecular complexity index is 1140. The third-order valence-electron chi connectivity index (χ3n) is 6.51. The number of hydrogen-bond donors (Lipinski definition) is 0. The third kappa shape index (κ3) is 5.31. The smallest absolute Gasteiger partial charge is 0.236 e. The van der Waals surface area contributed by atoms with Crippen LogP contribution in [0.4, 0.5) is 11.6 Å². The number of benzene rings is 2. The van der Waals surface area contributed by atoms with Crippen molar-refractivity contribution >= 4 is 29.3 Å². The van der Waals surface area contributed by atoms with E-state index in [0.717, 1.165) is 56.1 Å². The first kappa shape index (κ1) is 23.7. The number of amides is 1. The van der Waals surface area contributed by atoms with E-state index in [0.29, 0.717) is 13.2 Å². The average Bonchev–Trinajstić information content (AvgIpc) is 3.33. The van der Waals surface area contributed by atoms with Crippen molar-refractivity contribution in [3.8, 4) is 5.69 Å². The van der Waals surface area contributed by atoms with Crippen LogP contribution < -0.4 is 9.80 Å².